The number of carbonyl (C=O) groups excluding carboxylic acids is 4. The van der Waals surface area contributed by atoms with Crippen molar-refractivity contribution in [3.63, 3.8) is 0 Å². The summed E-state index contributed by atoms with van der Waals surface area (Å²) < 4.78 is 10.8. The Balaban J connectivity index is 1.22. The highest BCUT2D eigenvalue weighted by Gasteiger charge is 2.36. The second-order valence-corrected chi connectivity index (χ2v) is 10.3. The number of carbonyl (C=O) groups is 4. The molecule has 3 aromatic carbocycles. The first kappa shape index (κ1) is 27.4. The van der Waals surface area contributed by atoms with E-state index >= 15 is 0 Å². The van der Waals surface area contributed by atoms with Gasteiger partial charge < -0.3 is 14.8 Å². The fraction of sp³-hybridized carbons (Fsp3) is 0.267. The van der Waals surface area contributed by atoms with Crippen LogP contribution in [-0.2, 0) is 24.5 Å². The first-order valence-corrected chi connectivity index (χ1v) is 12.6. The smallest absolute Gasteiger partial charge is 0.311 e. The molecule has 202 valence electrons. The van der Waals surface area contributed by atoms with Crippen LogP contribution in [0.5, 0.6) is 11.5 Å². The maximum atomic E-state index is 12.6. The molecule has 0 unspecified atom stereocenters. The van der Waals surface area contributed by atoms with E-state index in [4.69, 9.17) is 9.47 Å². The molecule has 1 fully saturated rings. The normalized spacial score (nSPS) is 15.0. The maximum absolute atomic E-state index is 12.6. The third-order valence-electron chi connectivity index (χ3n) is 6.17. The molecule has 1 aliphatic heterocycles. The van der Waals surface area contributed by atoms with Crippen molar-refractivity contribution in [2.45, 2.75) is 32.6 Å². The monoisotopic (exact) mass is 529 g/mol. The van der Waals surface area contributed by atoms with Crippen LogP contribution >= 0.6 is 0 Å². The average Bonchev–Trinajstić information content (AvgIpc) is 3.28. The lowest BCUT2D eigenvalue weighted by Gasteiger charge is -2.20. The molecule has 0 aliphatic carbocycles. The van der Waals surface area contributed by atoms with Gasteiger partial charge in [-0.15, -0.1) is 0 Å². The molecule has 9 nitrogen and oxygen atoms in total. The van der Waals surface area contributed by atoms with Crippen molar-refractivity contribution >= 4 is 29.4 Å². The molecule has 4 rings (SSSR count). The number of esters is 1. The number of anilines is 1. The second kappa shape index (κ2) is 11.8. The minimum atomic E-state index is -0.789. The number of nitrogens with zero attached hydrogens (tertiary/aromatic N) is 1. The molecule has 1 atom stereocenters. The minimum Gasteiger partial charge on any atom is -0.457 e. The van der Waals surface area contributed by atoms with Gasteiger partial charge in [-0.25, -0.2) is 0 Å². The number of ether oxygens (including phenoxy) is 2. The first-order chi connectivity index (χ1) is 18.6. The predicted molar refractivity (Wildman–Crippen MR) is 145 cm³/mol. The highest BCUT2D eigenvalue weighted by Crippen LogP contribution is 2.24. The molecule has 1 heterocycles. The Bertz CT molecular complexity index is 1330. The van der Waals surface area contributed by atoms with E-state index in [1.807, 2.05) is 42.5 Å². The van der Waals surface area contributed by atoms with Gasteiger partial charge in [0.25, 0.3) is 11.8 Å². The number of hydrogen-bond donors (Lipinski definition) is 2. The van der Waals surface area contributed by atoms with Gasteiger partial charge in [-0.1, -0.05) is 51.1 Å². The number of para-hydroxylation sites is 1. The van der Waals surface area contributed by atoms with Crippen LogP contribution in [-0.4, -0.2) is 41.9 Å². The van der Waals surface area contributed by atoms with Crippen molar-refractivity contribution in [3.05, 3.63) is 90.0 Å². The van der Waals surface area contributed by atoms with E-state index < -0.39 is 36.2 Å². The molecule has 0 saturated carbocycles. The van der Waals surface area contributed by atoms with Gasteiger partial charge in [0.2, 0.25) is 5.91 Å². The zero-order valence-electron chi connectivity index (χ0n) is 22.1. The molecular formula is C30H31N3O6. The van der Waals surface area contributed by atoms with Crippen molar-refractivity contribution < 1.29 is 28.7 Å². The van der Waals surface area contributed by atoms with Gasteiger partial charge in [0.1, 0.15) is 11.5 Å². The van der Waals surface area contributed by atoms with Gasteiger partial charge in [-0.2, -0.15) is 0 Å². The minimum absolute atomic E-state index is 0.0338. The van der Waals surface area contributed by atoms with Crippen molar-refractivity contribution in [2.24, 2.45) is 5.92 Å². The largest absolute Gasteiger partial charge is 0.457 e. The summed E-state index contributed by atoms with van der Waals surface area (Å²) >= 11 is 0. The Kier molecular flexibility index (Phi) is 8.29. The molecule has 0 aromatic heterocycles. The zero-order chi connectivity index (χ0) is 28.0. The van der Waals surface area contributed by atoms with Crippen molar-refractivity contribution in [1.82, 2.24) is 10.4 Å². The molecule has 39 heavy (non-hydrogen) atoms. The summed E-state index contributed by atoms with van der Waals surface area (Å²) in [5.41, 5.74) is 4.50. The lowest BCUT2D eigenvalue weighted by atomic mass is 9.87. The summed E-state index contributed by atoms with van der Waals surface area (Å²) in [4.78, 5) is 49.7. The van der Waals surface area contributed by atoms with Crippen LogP contribution in [0.15, 0.2) is 78.9 Å². The summed E-state index contributed by atoms with van der Waals surface area (Å²) in [5.74, 6) is -1.54. The number of hydrogen-bond acceptors (Lipinski definition) is 6. The number of benzene rings is 3. The van der Waals surface area contributed by atoms with E-state index in [0.717, 1.165) is 10.6 Å². The van der Waals surface area contributed by atoms with Gasteiger partial charge in [0.15, 0.2) is 6.61 Å². The van der Waals surface area contributed by atoms with Crippen LogP contribution in [0.4, 0.5) is 5.69 Å². The Labute approximate surface area is 227 Å². The Morgan fingerprint density at radius 2 is 1.54 bits per heavy atom. The average molecular weight is 530 g/mol. The number of nitrogens with one attached hydrogen (secondary N) is 2. The highest BCUT2D eigenvalue weighted by atomic mass is 16.5. The zero-order valence-corrected chi connectivity index (χ0v) is 22.1. The predicted octanol–water partition coefficient (Wildman–Crippen LogP) is 4.45. The summed E-state index contributed by atoms with van der Waals surface area (Å²) in [6.07, 6.45) is -0.118. The van der Waals surface area contributed by atoms with Crippen LogP contribution in [0, 0.1) is 5.92 Å². The Morgan fingerprint density at radius 1 is 0.897 bits per heavy atom. The number of hydrazine groups is 1. The van der Waals surface area contributed by atoms with Crippen LogP contribution in [0.2, 0.25) is 0 Å². The molecule has 2 N–H and O–H groups in total. The van der Waals surface area contributed by atoms with Crippen LogP contribution in [0.25, 0.3) is 0 Å². The summed E-state index contributed by atoms with van der Waals surface area (Å²) in [5, 5.41) is 3.76. The van der Waals surface area contributed by atoms with Gasteiger partial charge in [0.05, 0.1) is 12.5 Å². The number of rotatable bonds is 8. The van der Waals surface area contributed by atoms with E-state index in [1.165, 1.54) is 0 Å². The van der Waals surface area contributed by atoms with Crippen LogP contribution in [0.3, 0.4) is 0 Å². The molecule has 3 aromatic rings. The summed E-state index contributed by atoms with van der Waals surface area (Å²) in [6, 6.07) is 23.2. The van der Waals surface area contributed by atoms with E-state index in [-0.39, 0.29) is 18.4 Å². The number of amides is 3. The molecule has 0 spiro atoms. The Morgan fingerprint density at radius 3 is 2.18 bits per heavy atom. The van der Waals surface area contributed by atoms with Crippen molar-refractivity contribution in [3.8, 4) is 11.5 Å². The highest BCUT2D eigenvalue weighted by molar-refractivity contribution is 5.97. The lowest BCUT2D eigenvalue weighted by Crippen LogP contribution is -2.43. The quantitative estimate of drug-likeness (QED) is 0.417. The van der Waals surface area contributed by atoms with Crippen LogP contribution < -0.4 is 15.5 Å². The third-order valence-corrected chi connectivity index (χ3v) is 6.17. The molecule has 1 aliphatic rings. The Hall–Kier alpha value is -4.66. The maximum Gasteiger partial charge on any atom is 0.311 e. The topological polar surface area (TPSA) is 114 Å². The molecule has 0 bridgehead atoms. The molecule has 1 saturated heterocycles. The lowest BCUT2D eigenvalue weighted by molar-refractivity contribution is -0.151. The molecular weight excluding hydrogens is 498 g/mol. The molecule has 9 heteroatoms. The summed E-state index contributed by atoms with van der Waals surface area (Å²) in [7, 11) is 0. The van der Waals surface area contributed by atoms with Crippen molar-refractivity contribution in [1.29, 1.82) is 0 Å². The summed E-state index contributed by atoms with van der Waals surface area (Å²) in [6.45, 7) is 5.70. The van der Waals surface area contributed by atoms with E-state index in [9.17, 15) is 19.2 Å². The van der Waals surface area contributed by atoms with Gasteiger partial charge in [-0.3, -0.25) is 29.6 Å². The first-order valence-electron chi connectivity index (χ1n) is 12.6. The molecule has 0 radical (unpaired) electrons. The second-order valence-electron chi connectivity index (χ2n) is 10.3. The standard InChI is InChI=1S/C30H31N3O6/c1-30(2,3)22-11-9-20(10-12-22)28(36)32-33-18-21(17-27(33)35)29(37)38-19-26(34)31-23-13-15-25(16-14-23)39-24-7-5-4-6-8-24/h4-16,21H,17-19H2,1-3H3,(H,31,34)(H,32,36)/t21-/m1/s1. The van der Waals surface area contributed by atoms with E-state index in [2.05, 4.69) is 31.5 Å². The van der Waals surface area contributed by atoms with Gasteiger partial charge in [-0.05, 0) is 59.5 Å². The van der Waals surface area contributed by atoms with E-state index in [0.29, 0.717) is 22.7 Å². The van der Waals surface area contributed by atoms with Gasteiger partial charge in [0, 0.05) is 17.7 Å². The fourth-order valence-corrected chi connectivity index (χ4v) is 3.96. The third kappa shape index (κ3) is 7.44. The van der Waals surface area contributed by atoms with Gasteiger partial charge >= 0.3 is 5.97 Å². The fourth-order valence-electron chi connectivity index (χ4n) is 3.96. The van der Waals surface area contributed by atoms with Crippen molar-refractivity contribution in [2.75, 3.05) is 18.5 Å². The molecule has 3 amide bonds. The SMILES string of the molecule is CC(C)(C)c1ccc(C(=O)NN2C[C@H](C(=O)OCC(=O)Nc3ccc(Oc4ccccc4)cc3)CC2=O)cc1. The van der Waals surface area contributed by atoms with Crippen LogP contribution in [0.1, 0.15) is 43.1 Å². The van der Waals surface area contributed by atoms with E-state index in [1.54, 1.807) is 36.4 Å².